The molecule has 71 heavy (non-hydrogen) atoms. The number of hydrogen-bond donors (Lipinski definition) is 3. The van der Waals surface area contributed by atoms with Crippen LogP contribution < -0.4 is 10.7 Å². The second-order valence-corrected chi connectivity index (χ2v) is 21.0. The quantitative estimate of drug-likeness (QED) is 0.101. The standard InChI is InChI=1S/C56H75N7O8/c1-10-62-48-20-19-40-33-44(48)45(51(62)43-16-12-11-15-38(43)23-28-70-9)34-56(4,5)35-71-55(69)46-17-13-25-63(58-46)54(68)47(31-37-29-41(40)32-42(64)30-37)57-52(66)50(36(2)3)60(8)53(67)39-21-26-61(27-22-39)49(65)18-14-24-59(6)7/h11-12,14-16,18-20,29-30,32-33,36,39,46-47,50,58,64H,10,13,17,21-28,31,34-35H2,1-9H3,(H,57,66)/b18-14+/t46-,47-,50?/m0/s1. The number of ether oxygens (including phenoxy) is 2. The number of nitrogens with zero attached hydrogens (tertiary/aromatic N) is 5. The van der Waals surface area contributed by atoms with Crippen LogP contribution in [-0.2, 0) is 59.3 Å². The van der Waals surface area contributed by atoms with Gasteiger partial charge in [-0.1, -0.05) is 70.2 Å². The largest absolute Gasteiger partial charge is 0.508 e. The first kappa shape index (κ1) is 52.8. The minimum atomic E-state index is -1.15. The summed E-state index contributed by atoms with van der Waals surface area (Å²) in [5.41, 5.74) is 10.4. The van der Waals surface area contributed by atoms with E-state index in [1.807, 2.05) is 45.0 Å². The van der Waals surface area contributed by atoms with Crippen molar-refractivity contribution in [1.29, 1.82) is 0 Å². The van der Waals surface area contributed by atoms with Crippen LogP contribution in [0.3, 0.4) is 0 Å². The van der Waals surface area contributed by atoms with E-state index in [-0.39, 0.29) is 49.0 Å². The lowest BCUT2D eigenvalue weighted by atomic mass is 9.83. The minimum Gasteiger partial charge on any atom is -0.508 e. The van der Waals surface area contributed by atoms with Gasteiger partial charge in [-0.3, -0.25) is 29.0 Å². The Labute approximate surface area is 419 Å². The highest BCUT2D eigenvalue weighted by molar-refractivity contribution is 5.96. The smallest absolute Gasteiger partial charge is 0.324 e. The molecule has 1 unspecified atom stereocenters. The lowest BCUT2D eigenvalue weighted by molar-refractivity contribution is -0.155. The van der Waals surface area contributed by atoms with Crippen LogP contribution in [0.25, 0.3) is 33.3 Å². The second-order valence-electron chi connectivity index (χ2n) is 21.0. The lowest BCUT2D eigenvalue weighted by Gasteiger charge is -2.38. The number of aryl methyl sites for hydroxylation is 1. The van der Waals surface area contributed by atoms with Gasteiger partial charge in [0.15, 0.2) is 0 Å². The minimum absolute atomic E-state index is 0.00592. The molecule has 3 aliphatic heterocycles. The van der Waals surface area contributed by atoms with Crippen molar-refractivity contribution in [3.63, 3.8) is 0 Å². The normalized spacial score (nSPS) is 19.5. The first-order valence-corrected chi connectivity index (χ1v) is 25.4. The molecule has 7 rings (SSSR count). The molecule has 0 spiro atoms. The lowest BCUT2D eigenvalue weighted by Crippen LogP contribution is -2.62. The van der Waals surface area contributed by atoms with Gasteiger partial charge in [0, 0.05) is 87.2 Å². The summed E-state index contributed by atoms with van der Waals surface area (Å²) >= 11 is 0. The Balaban J connectivity index is 1.24. The molecular formula is C56H75N7O8. The van der Waals surface area contributed by atoms with E-state index in [0.717, 1.165) is 45.3 Å². The highest BCUT2D eigenvalue weighted by Crippen LogP contribution is 2.41. The maximum Gasteiger partial charge on any atom is 0.324 e. The molecule has 2 saturated heterocycles. The number of methoxy groups -OCH3 is 1. The van der Waals surface area contributed by atoms with Crippen molar-refractivity contribution in [3.8, 4) is 28.1 Å². The molecule has 4 amide bonds. The SMILES string of the molecule is CCn1c(-c2ccccc2CCOC)c2c3cc(ccc31)-c1cc(O)cc(c1)C[C@H](NC(=O)C(C(C)C)N(C)C(=O)C1CCN(C(=O)/C=C/CN(C)C)CC1)C(=O)N1CCC[C@H](N1)C(=O)OCC(C)(C)C2. The van der Waals surface area contributed by atoms with Crippen LogP contribution in [0.4, 0.5) is 0 Å². The molecule has 3 aliphatic rings. The molecule has 3 aromatic carbocycles. The first-order chi connectivity index (χ1) is 33.9. The number of rotatable bonds is 13. The zero-order valence-electron chi connectivity index (χ0n) is 43.3. The number of carbonyl (C=O) groups is 5. The van der Waals surface area contributed by atoms with Crippen molar-refractivity contribution < 1.29 is 38.6 Å². The number of fused-ring (bicyclic) bond motifs is 6. The number of carbonyl (C=O) groups excluding carboxylic acids is 5. The van der Waals surface area contributed by atoms with Gasteiger partial charge in [-0.2, -0.15) is 0 Å². The molecule has 3 N–H and O–H groups in total. The van der Waals surface area contributed by atoms with E-state index in [9.17, 15) is 29.1 Å². The molecular weight excluding hydrogens is 899 g/mol. The third-order valence-electron chi connectivity index (χ3n) is 14.2. The zero-order valence-corrected chi connectivity index (χ0v) is 43.3. The highest BCUT2D eigenvalue weighted by atomic mass is 16.5. The number of amides is 4. The van der Waals surface area contributed by atoms with E-state index in [2.05, 4.69) is 78.5 Å². The molecule has 0 saturated carbocycles. The van der Waals surface area contributed by atoms with Gasteiger partial charge in [0.2, 0.25) is 17.7 Å². The van der Waals surface area contributed by atoms with E-state index >= 15 is 0 Å². The van der Waals surface area contributed by atoms with Gasteiger partial charge < -0.3 is 39.2 Å². The van der Waals surface area contributed by atoms with Crippen LogP contribution in [0.2, 0.25) is 0 Å². The molecule has 382 valence electrons. The average Bonchev–Trinajstić information content (AvgIpc) is 3.64. The van der Waals surface area contributed by atoms with E-state index < -0.39 is 41.3 Å². The van der Waals surface area contributed by atoms with E-state index in [1.54, 1.807) is 37.3 Å². The Bertz CT molecular complexity index is 2610. The number of esters is 1. The van der Waals surface area contributed by atoms with Crippen molar-refractivity contribution in [3.05, 3.63) is 89.5 Å². The van der Waals surface area contributed by atoms with Gasteiger partial charge in [0.05, 0.1) is 18.9 Å². The van der Waals surface area contributed by atoms with Crippen LogP contribution in [0, 0.1) is 17.3 Å². The molecule has 15 heteroatoms. The fourth-order valence-electron chi connectivity index (χ4n) is 10.6. The van der Waals surface area contributed by atoms with Crippen LogP contribution in [0.5, 0.6) is 5.75 Å². The maximum atomic E-state index is 14.8. The average molecular weight is 974 g/mol. The number of benzene rings is 3. The van der Waals surface area contributed by atoms with Crippen molar-refractivity contribution >= 4 is 40.5 Å². The number of cyclic esters (lactones) is 1. The Hall–Kier alpha value is -6.03. The number of piperidine rings is 1. The van der Waals surface area contributed by atoms with Gasteiger partial charge in [0.25, 0.3) is 5.91 Å². The molecule has 3 atom stereocenters. The van der Waals surface area contributed by atoms with Gasteiger partial charge in [0.1, 0.15) is 23.9 Å². The van der Waals surface area contributed by atoms with Gasteiger partial charge >= 0.3 is 5.97 Å². The summed E-state index contributed by atoms with van der Waals surface area (Å²) in [6.45, 7) is 13.3. The fourth-order valence-corrected chi connectivity index (χ4v) is 10.6. The Morgan fingerprint density at radius 1 is 0.986 bits per heavy atom. The van der Waals surface area contributed by atoms with Crippen molar-refractivity contribution in [2.24, 2.45) is 17.3 Å². The number of phenolic OH excluding ortho intramolecular Hbond substituents is 1. The number of nitrogens with one attached hydrogen (secondary N) is 2. The molecule has 15 nitrogen and oxygen atoms in total. The van der Waals surface area contributed by atoms with Crippen LogP contribution in [0.1, 0.15) is 77.0 Å². The topological polar surface area (TPSA) is 166 Å². The predicted molar refractivity (Wildman–Crippen MR) is 276 cm³/mol. The third-order valence-corrected chi connectivity index (χ3v) is 14.2. The third kappa shape index (κ3) is 12.4. The Kier molecular flexibility index (Phi) is 17.1. The molecule has 0 aliphatic carbocycles. The highest BCUT2D eigenvalue weighted by Gasteiger charge is 2.39. The molecule has 4 heterocycles. The van der Waals surface area contributed by atoms with Crippen molar-refractivity contribution in [2.75, 3.05) is 67.6 Å². The summed E-state index contributed by atoms with van der Waals surface area (Å²) in [6.07, 6.45) is 6.64. The number of hydrogen-bond acceptors (Lipinski definition) is 10. The van der Waals surface area contributed by atoms with E-state index in [0.29, 0.717) is 70.5 Å². The number of aromatic hydroxyl groups is 1. The number of hydrazine groups is 1. The van der Waals surface area contributed by atoms with Crippen molar-refractivity contribution in [1.82, 2.24) is 35.0 Å². The molecule has 1 aromatic heterocycles. The summed E-state index contributed by atoms with van der Waals surface area (Å²) in [6, 6.07) is 17.2. The Morgan fingerprint density at radius 3 is 2.44 bits per heavy atom. The molecule has 0 radical (unpaired) electrons. The fraction of sp³-hybridized carbons (Fsp3) is 0.518. The number of aromatic nitrogens is 1. The molecule has 6 bridgehead atoms. The number of likely N-dealkylation sites (tertiary alicyclic amines) is 1. The summed E-state index contributed by atoms with van der Waals surface area (Å²) < 4.78 is 14.0. The van der Waals surface area contributed by atoms with Crippen LogP contribution in [-0.4, -0.2) is 145 Å². The maximum absolute atomic E-state index is 14.8. The number of likely N-dealkylation sites (N-methyl/N-ethyl adjacent to an activating group) is 2. The predicted octanol–water partition coefficient (Wildman–Crippen LogP) is 6.38. The van der Waals surface area contributed by atoms with Gasteiger partial charge in [-0.15, -0.1) is 0 Å². The number of phenols is 1. The van der Waals surface area contributed by atoms with Gasteiger partial charge in [-0.25, -0.2) is 5.43 Å². The van der Waals surface area contributed by atoms with Crippen LogP contribution >= 0.6 is 0 Å². The Morgan fingerprint density at radius 2 is 1.73 bits per heavy atom. The summed E-state index contributed by atoms with van der Waals surface area (Å²) in [5, 5.41) is 16.9. The van der Waals surface area contributed by atoms with E-state index in [4.69, 9.17) is 9.47 Å². The molecule has 4 aromatic rings. The van der Waals surface area contributed by atoms with Gasteiger partial charge in [-0.05, 0) is 118 Å². The summed E-state index contributed by atoms with van der Waals surface area (Å²) in [5.74, 6) is -2.40. The van der Waals surface area contributed by atoms with Crippen molar-refractivity contribution in [2.45, 2.75) is 104 Å². The molecule has 2 fully saturated rings. The zero-order chi connectivity index (χ0) is 51.1. The second kappa shape index (κ2) is 23.0. The monoisotopic (exact) mass is 974 g/mol. The van der Waals surface area contributed by atoms with Crippen LogP contribution in [0.15, 0.2) is 72.8 Å². The summed E-state index contributed by atoms with van der Waals surface area (Å²) in [7, 11) is 7.21. The summed E-state index contributed by atoms with van der Waals surface area (Å²) in [4.78, 5) is 75.7. The van der Waals surface area contributed by atoms with E-state index in [1.165, 1.54) is 15.5 Å². The first-order valence-electron chi connectivity index (χ1n) is 25.4.